The molecule has 3 heteroatoms. The third-order valence-corrected chi connectivity index (χ3v) is 14.8. The molecule has 32 heavy (non-hydrogen) atoms. The minimum atomic E-state index is -0.777. The van der Waals surface area contributed by atoms with E-state index in [-0.39, 0.29) is 34.3 Å². The van der Waals surface area contributed by atoms with Crippen LogP contribution < -0.4 is 10.6 Å². The molecule has 1 saturated carbocycles. The Kier molecular flexibility index (Phi) is 13.1. The molecule has 1 aliphatic carbocycles. The van der Waals surface area contributed by atoms with Crippen LogP contribution in [0.5, 0.6) is 0 Å². The van der Waals surface area contributed by atoms with E-state index in [2.05, 4.69) is 109 Å². The fourth-order valence-electron chi connectivity index (χ4n) is 6.48. The monoisotopic (exact) mass is 561 g/mol. The van der Waals surface area contributed by atoms with E-state index in [1.165, 1.54) is 19.3 Å². The van der Waals surface area contributed by atoms with Gasteiger partial charge in [0.05, 0.1) is 40.2 Å². The third kappa shape index (κ3) is 7.46. The Bertz CT molecular complexity index is 708. The van der Waals surface area contributed by atoms with Gasteiger partial charge in [-0.05, 0) is 92.0 Å². The molecule has 0 spiro atoms. The van der Waals surface area contributed by atoms with Crippen molar-refractivity contribution in [2.45, 2.75) is 89.4 Å². The maximum absolute atomic E-state index is 2.63. The van der Waals surface area contributed by atoms with Gasteiger partial charge in [0, 0.05) is 13.8 Å². The van der Waals surface area contributed by atoms with E-state index >= 15 is 0 Å². The number of hydrogen-bond donors (Lipinski definition) is 0. The molecule has 0 amide bonds. The molecule has 2 aromatic carbocycles. The van der Waals surface area contributed by atoms with Crippen molar-refractivity contribution in [2.24, 2.45) is 5.92 Å². The first-order valence-electron chi connectivity index (χ1n) is 11.5. The van der Waals surface area contributed by atoms with E-state index in [1.807, 2.05) is 0 Å². The molecule has 3 atom stereocenters. The summed E-state index contributed by atoms with van der Waals surface area (Å²) >= 11 is 0. The van der Waals surface area contributed by atoms with E-state index in [9.17, 15) is 0 Å². The predicted octanol–water partition coefficient (Wildman–Crippen LogP) is 8.12. The topological polar surface area (TPSA) is 0 Å². The van der Waals surface area contributed by atoms with Crippen molar-refractivity contribution in [3.63, 3.8) is 0 Å². The van der Waals surface area contributed by atoms with Crippen molar-refractivity contribution in [2.75, 3.05) is 0 Å². The Morgan fingerprint density at radius 2 is 1.12 bits per heavy atom. The molecule has 3 rings (SSSR count). The normalized spacial score (nSPS) is 19.7. The van der Waals surface area contributed by atoms with Crippen LogP contribution in [0.4, 0.5) is 0 Å². The minimum Gasteiger partial charge on any atom is -0.358 e. The van der Waals surface area contributed by atoms with Crippen LogP contribution in [0.25, 0.3) is 0 Å². The van der Waals surface area contributed by atoms with Crippen LogP contribution in [0.3, 0.4) is 0 Å². The zero-order chi connectivity index (χ0) is 21.2. The van der Waals surface area contributed by atoms with Gasteiger partial charge in [-0.1, -0.05) is 36.4 Å². The number of hydrogen-bond acceptors (Lipinski definition) is 0. The van der Waals surface area contributed by atoms with Crippen LogP contribution in [0, 0.1) is 20.8 Å². The zero-order valence-electron chi connectivity index (χ0n) is 22.0. The van der Waals surface area contributed by atoms with E-state index in [4.69, 9.17) is 0 Å². The molecule has 0 aromatic heterocycles. The van der Waals surface area contributed by atoms with Gasteiger partial charge in [0.25, 0.3) is 0 Å². The minimum absolute atomic E-state index is 0. The molecule has 0 aliphatic heterocycles. The third-order valence-electron chi connectivity index (χ3n) is 6.82. The van der Waals surface area contributed by atoms with Crippen molar-refractivity contribution in [1.29, 1.82) is 0 Å². The van der Waals surface area contributed by atoms with E-state index in [0.717, 1.165) is 17.2 Å². The second-order valence-corrected chi connectivity index (χ2v) is 18.5. The summed E-state index contributed by atoms with van der Waals surface area (Å²) in [5.41, 5.74) is 1.70. The van der Waals surface area contributed by atoms with Gasteiger partial charge in [-0.25, -0.2) is 0 Å². The fourth-order valence-corrected chi connectivity index (χ4v) is 16.2. The van der Waals surface area contributed by atoms with Gasteiger partial charge in [-0.2, -0.15) is 0 Å². The van der Waals surface area contributed by atoms with Gasteiger partial charge in [0.15, 0.2) is 0 Å². The maximum Gasteiger partial charge on any atom is 2.00 e. The first-order chi connectivity index (χ1) is 13.6. The molecule has 0 heterocycles. The Hall–Kier alpha value is -0.0766. The van der Waals surface area contributed by atoms with Gasteiger partial charge in [-0.15, -0.1) is 0 Å². The molecule has 3 unspecified atom stereocenters. The molecule has 0 bridgehead atoms. The van der Waals surface area contributed by atoms with Gasteiger partial charge in [0.2, 0.25) is 0 Å². The summed E-state index contributed by atoms with van der Waals surface area (Å²) in [5.74, 6) is 0.872. The Morgan fingerprint density at radius 3 is 1.50 bits per heavy atom. The summed E-state index contributed by atoms with van der Waals surface area (Å²) < 4.78 is 0. The van der Waals surface area contributed by atoms with Crippen molar-refractivity contribution < 1.29 is 19.5 Å². The molecule has 1 radical (unpaired) electrons. The SMILES string of the molecule is CC(C1CCCC1[PH+](c1ccccc1)c1ccccc1)[PH+](C(C)(C)C)C(C)(C)C.[CH3-].[CH3-].[Rh+2]. The summed E-state index contributed by atoms with van der Waals surface area (Å²) in [6.45, 7) is 17.7. The molecular weight excluding hydrogens is 513 g/mol. The van der Waals surface area contributed by atoms with Crippen LogP contribution in [0.1, 0.15) is 67.7 Å². The van der Waals surface area contributed by atoms with E-state index in [0.29, 0.717) is 10.3 Å². The summed E-state index contributed by atoms with van der Waals surface area (Å²) in [7, 11) is -1.33. The maximum atomic E-state index is 2.63. The van der Waals surface area contributed by atoms with Gasteiger partial charge < -0.3 is 14.9 Å². The van der Waals surface area contributed by atoms with Crippen molar-refractivity contribution in [1.82, 2.24) is 0 Å². The van der Waals surface area contributed by atoms with Crippen LogP contribution in [0.15, 0.2) is 60.7 Å². The molecule has 2 aromatic rings. The molecule has 0 N–H and O–H groups in total. The summed E-state index contributed by atoms with van der Waals surface area (Å²) in [6.07, 6.45) is 4.26. The first kappa shape index (κ1) is 31.9. The van der Waals surface area contributed by atoms with Crippen LogP contribution in [-0.4, -0.2) is 21.6 Å². The molecular formula is C29H48P2Rh+2. The van der Waals surface area contributed by atoms with Crippen molar-refractivity contribution >= 4 is 26.5 Å². The Morgan fingerprint density at radius 1 is 0.719 bits per heavy atom. The zero-order valence-corrected chi connectivity index (χ0v) is 25.6. The van der Waals surface area contributed by atoms with Gasteiger partial charge in [0.1, 0.15) is 0 Å². The average Bonchev–Trinajstić information content (AvgIpc) is 3.11. The van der Waals surface area contributed by atoms with Crippen LogP contribution >= 0.6 is 15.8 Å². The second-order valence-electron chi connectivity index (χ2n) is 11.0. The van der Waals surface area contributed by atoms with E-state index in [1.54, 1.807) is 10.6 Å². The fraction of sp³-hybridized carbons (Fsp3) is 0.517. The van der Waals surface area contributed by atoms with E-state index < -0.39 is 15.8 Å². The average molecular weight is 562 g/mol. The summed E-state index contributed by atoms with van der Waals surface area (Å²) in [5, 5.41) is 4.07. The molecule has 1 fully saturated rings. The standard InChI is InChI=1S/C27H40P2.2CH3.Rh/c1-21(29(26(2,3)4)27(5,6)7)24-19-14-20-25(24)28(22-15-10-8-11-16-22)23-17-12-9-13-18-23;;;/h8-13,15-18,21,24-25H,14,19-20H2,1-7H3;2*1H3;/q;2*-1;+2/p+2. The van der Waals surface area contributed by atoms with Crippen LogP contribution in [0.2, 0.25) is 0 Å². The number of rotatable bonds is 5. The Balaban J connectivity index is 0.00000320. The molecule has 181 valence electrons. The quantitative estimate of drug-likeness (QED) is 0.197. The molecule has 1 aliphatic rings. The van der Waals surface area contributed by atoms with Crippen molar-refractivity contribution in [3.8, 4) is 0 Å². The molecule has 0 nitrogen and oxygen atoms in total. The summed E-state index contributed by atoms with van der Waals surface area (Å²) in [6, 6.07) is 22.9. The van der Waals surface area contributed by atoms with Crippen LogP contribution in [-0.2, 0) is 19.5 Å². The first-order valence-corrected chi connectivity index (χ1v) is 14.6. The second kappa shape index (κ2) is 13.1. The van der Waals surface area contributed by atoms with Crippen molar-refractivity contribution in [3.05, 3.63) is 75.5 Å². The molecule has 0 saturated heterocycles. The predicted molar refractivity (Wildman–Crippen MR) is 152 cm³/mol. The Labute approximate surface area is 216 Å². The van der Waals surface area contributed by atoms with Gasteiger partial charge >= 0.3 is 19.5 Å². The number of benzene rings is 2. The van der Waals surface area contributed by atoms with Gasteiger partial charge in [-0.3, -0.25) is 0 Å². The summed E-state index contributed by atoms with van der Waals surface area (Å²) in [4.78, 5) is 0. The largest absolute Gasteiger partial charge is 2.00 e. The smallest absolute Gasteiger partial charge is 0.358 e.